The summed E-state index contributed by atoms with van der Waals surface area (Å²) in [4.78, 5) is 29.4. The summed E-state index contributed by atoms with van der Waals surface area (Å²) in [6, 6.07) is 5.85. The van der Waals surface area contributed by atoms with Crippen LogP contribution in [0.4, 0.5) is 0 Å². The lowest BCUT2D eigenvalue weighted by Gasteiger charge is -2.32. The second kappa shape index (κ2) is 5.10. The quantitative estimate of drug-likeness (QED) is 0.890. The average Bonchev–Trinajstić information content (AvgIpc) is 3.20. The number of amides is 1. The van der Waals surface area contributed by atoms with Gasteiger partial charge in [-0.25, -0.2) is 0 Å². The maximum Gasteiger partial charge on any atom is 0.307 e. The second-order valence-corrected chi connectivity index (χ2v) is 7.35. The number of para-hydroxylation sites is 1. The maximum absolute atomic E-state index is 13.0. The van der Waals surface area contributed by atoms with Crippen LogP contribution >= 0.6 is 0 Å². The number of aromatic nitrogens is 1. The first-order chi connectivity index (χ1) is 11.4. The molecule has 4 rings (SSSR count). The van der Waals surface area contributed by atoms with E-state index in [1.165, 1.54) is 5.56 Å². The minimum absolute atomic E-state index is 0.0456. The molecule has 2 N–H and O–H groups in total. The van der Waals surface area contributed by atoms with Gasteiger partial charge in [0, 0.05) is 24.2 Å². The van der Waals surface area contributed by atoms with Gasteiger partial charge in [-0.1, -0.05) is 12.1 Å². The van der Waals surface area contributed by atoms with E-state index in [0.29, 0.717) is 18.7 Å². The van der Waals surface area contributed by atoms with Crippen molar-refractivity contribution in [2.45, 2.75) is 33.1 Å². The number of carbonyl (C=O) groups is 2. The Morgan fingerprint density at radius 2 is 1.96 bits per heavy atom. The third-order valence-corrected chi connectivity index (χ3v) is 6.11. The first-order valence-electron chi connectivity index (χ1n) is 8.53. The number of carbonyl (C=O) groups excluding carboxylic acids is 1. The number of hydrogen-bond donors (Lipinski definition) is 2. The number of piperidine rings is 1. The lowest BCUT2D eigenvalue weighted by atomic mass is 9.90. The third kappa shape index (κ3) is 2.14. The summed E-state index contributed by atoms with van der Waals surface area (Å²) in [5.41, 5.74) is 3.84. The standard InChI is InChI=1S/C19H22N2O3/c1-11-12(2)20-16-13(11)4-3-5-14(16)17(22)21-8-6-19(7-9-21)10-15(19)18(23)24/h3-5,15,20H,6-10H2,1-2H3,(H,23,24). The van der Waals surface area contributed by atoms with E-state index in [1.54, 1.807) is 0 Å². The summed E-state index contributed by atoms with van der Waals surface area (Å²) in [6.07, 6.45) is 2.37. The van der Waals surface area contributed by atoms with Crippen molar-refractivity contribution in [2.75, 3.05) is 13.1 Å². The molecule has 0 radical (unpaired) electrons. The Bertz CT molecular complexity index is 844. The Morgan fingerprint density at radius 1 is 1.25 bits per heavy atom. The van der Waals surface area contributed by atoms with Crippen LogP contribution in [0.1, 0.15) is 40.9 Å². The number of H-pyrrole nitrogens is 1. The molecule has 1 aliphatic heterocycles. The highest BCUT2D eigenvalue weighted by molar-refractivity contribution is 6.06. The molecule has 1 aromatic carbocycles. The largest absolute Gasteiger partial charge is 0.481 e. The van der Waals surface area contributed by atoms with Crippen LogP contribution in [0.25, 0.3) is 10.9 Å². The first kappa shape index (κ1) is 15.2. The fourth-order valence-electron chi connectivity index (χ4n) is 4.24. The van der Waals surface area contributed by atoms with Gasteiger partial charge in [-0.15, -0.1) is 0 Å². The molecule has 1 aliphatic carbocycles. The van der Waals surface area contributed by atoms with Crippen LogP contribution in [0.15, 0.2) is 18.2 Å². The van der Waals surface area contributed by atoms with Crippen LogP contribution in [0.5, 0.6) is 0 Å². The van der Waals surface area contributed by atoms with E-state index in [1.807, 2.05) is 30.0 Å². The van der Waals surface area contributed by atoms with E-state index in [4.69, 9.17) is 0 Å². The van der Waals surface area contributed by atoms with Crippen LogP contribution in [0.3, 0.4) is 0 Å². The van der Waals surface area contributed by atoms with E-state index in [0.717, 1.165) is 35.9 Å². The summed E-state index contributed by atoms with van der Waals surface area (Å²) in [5, 5.41) is 10.3. The molecule has 1 amide bonds. The Hall–Kier alpha value is -2.30. The van der Waals surface area contributed by atoms with E-state index in [9.17, 15) is 14.7 Å². The van der Waals surface area contributed by atoms with E-state index < -0.39 is 5.97 Å². The number of nitrogens with zero attached hydrogens (tertiary/aromatic N) is 1. The van der Waals surface area contributed by atoms with Gasteiger partial charge in [0.1, 0.15) is 0 Å². The number of aromatic amines is 1. The predicted octanol–water partition coefficient (Wildman–Crippen LogP) is 3.11. The van der Waals surface area contributed by atoms with Crippen LogP contribution in [-0.2, 0) is 4.79 Å². The lowest BCUT2D eigenvalue weighted by molar-refractivity contribution is -0.139. The van der Waals surface area contributed by atoms with Gasteiger partial charge in [0.15, 0.2) is 0 Å². The number of fused-ring (bicyclic) bond motifs is 1. The highest BCUT2D eigenvalue weighted by atomic mass is 16.4. The lowest BCUT2D eigenvalue weighted by Crippen LogP contribution is -2.40. The fourth-order valence-corrected chi connectivity index (χ4v) is 4.24. The molecule has 5 heteroatoms. The number of aryl methyl sites for hydroxylation is 2. The molecule has 1 spiro atoms. The van der Waals surface area contributed by atoms with Gasteiger partial charge in [0.2, 0.25) is 0 Å². The monoisotopic (exact) mass is 326 g/mol. The van der Waals surface area contributed by atoms with Crippen LogP contribution in [0.2, 0.25) is 0 Å². The van der Waals surface area contributed by atoms with E-state index in [-0.39, 0.29) is 17.2 Å². The first-order valence-corrected chi connectivity index (χ1v) is 8.53. The number of likely N-dealkylation sites (tertiary alicyclic amines) is 1. The van der Waals surface area contributed by atoms with Gasteiger partial charge in [0.25, 0.3) is 5.91 Å². The Labute approximate surface area is 140 Å². The molecule has 1 atom stereocenters. The molecule has 2 fully saturated rings. The zero-order valence-electron chi connectivity index (χ0n) is 14.1. The Kier molecular flexibility index (Phi) is 3.24. The van der Waals surface area contributed by atoms with Crippen molar-refractivity contribution in [3.8, 4) is 0 Å². The molecule has 126 valence electrons. The molecule has 5 nitrogen and oxygen atoms in total. The average molecular weight is 326 g/mol. The highest BCUT2D eigenvalue weighted by Crippen LogP contribution is 2.59. The van der Waals surface area contributed by atoms with Crippen LogP contribution < -0.4 is 0 Å². The molecule has 2 heterocycles. The maximum atomic E-state index is 13.0. The van der Waals surface area contributed by atoms with E-state index in [2.05, 4.69) is 11.9 Å². The van der Waals surface area contributed by atoms with Gasteiger partial charge in [0.05, 0.1) is 17.0 Å². The normalized spacial score (nSPS) is 22.1. The Morgan fingerprint density at radius 3 is 2.58 bits per heavy atom. The molecule has 24 heavy (non-hydrogen) atoms. The molecule has 2 aromatic rings. The van der Waals surface area contributed by atoms with Crippen molar-refractivity contribution in [1.82, 2.24) is 9.88 Å². The minimum Gasteiger partial charge on any atom is -0.481 e. The summed E-state index contributed by atoms with van der Waals surface area (Å²) in [5.74, 6) is -0.840. The number of hydrogen-bond acceptors (Lipinski definition) is 2. The topological polar surface area (TPSA) is 73.4 Å². The molecule has 1 unspecified atom stereocenters. The number of nitrogens with one attached hydrogen (secondary N) is 1. The molecule has 1 aromatic heterocycles. The molecular formula is C19H22N2O3. The van der Waals surface area contributed by atoms with Crippen molar-refractivity contribution in [1.29, 1.82) is 0 Å². The number of rotatable bonds is 2. The second-order valence-electron chi connectivity index (χ2n) is 7.35. The number of aliphatic carboxylic acids is 1. The zero-order chi connectivity index (χ0) is 17.1. The van der Waals surface area contributed by atoms with Crippen molar-refractivity contribution < 1.29 is 14.7 Å². The molecular weight excluding hydrogens is 304 g/mol. The summed E-state index contributed by atoms with van der Waals surface area (Å²) < 4.78 is 0. The fraction of sp³-hybridized carbons (Fsp3) is 0.474. The van der Waals surface area contributed by atoms with Gasteiger partial charge in [-0.3, -0.25) is 9.59 Å². The SMILES string of the molecule is Cc1[nH]c2c(C(=O)N3CCC4(CC3)CC4C(=O)O)cccc2c1C. The van der Waals surface area contributed by atoms with Gasteiger partial charge in [-0.2, -0.15) is 0 Å². The van der Waals surface area contributed by atoms with Crippen LogP contribution in [0, 0.1) is 25.2 Å². The number of carboxylic acids is 1. The highest BCUT2D eigenvalue weighted by Gasteiger charge is 2.59. The van der Waals surface area contributed by atoms with Crippen molar-refractivity contribution in [3.05, 3.63) is 35.0 Å². The Balaban J connectivity index is 1.56. The smallest absolute Gasteiger partial charge is 0.307 e. The summed E-state index contributed by atoms with van der Waals surface area (Å²) in [7, 11) is 0. The summed E-state index contributed by atoms with van der Waals surface area (Å²) >= 11 is 0. The third-order valence-electron chi connectivity index (χ3n) is 6.11. The molecule has 1 saturated carbocycles. The van der Waals surface area contributed by atoms with E-state index >= 15 is 0 Å². The predicted molar refractivity (Wildman–Crippen MR) is 91.1 cm³/mol. The molecule has 1 saturated heterocycles. The zero-order valence-corrected chi connectivity index (χ0v) is 14.1. The van der Waals surface area contributed by atoms with Crippen molar-refractivity contribution in [3.63, 3.8) is 0 Å². The van der Waals surface area contributed by atoms with Gasteiger partial charge >= 0.3 is 5.97 Å². The molecule has 0 bridgehead atoms. The number of benzene rings is 1. The van der Waals surface area contributed by atoms with Crippen molar-refractivity contribution >= 4 is 22.8 Å². The minimum atomic E-state index is -0.683. The van der Waals surface area contributed by atoms with Gasteiger partial charge in [-0.05, 0) is 50.2 Å². The summed E-state index contributed by atoms with van der Waals surface area (Å²) in [6.45, 7) is 5.38. The van der Waals surface area contributed by atoms with Gasteiger partial charge < -0.3 is 15.0 Å². The molecule has 2 aliphatic rings. The van der Waals surface area contributed by atoms with Crippen molar-refractivity contribution in [2.24, 2.45) is 11.3 Å². The number of carboxylic acid groups (broad SMARTS) is 1. The van der Waals surface area contributed by atoms with Crippen LogP contribution in [-0.4, -0.2) is 40.0 Å².